The van der Waals surface area contributed by atoms with E-state index in [1.807, 2.05) is 30.3 Å². The van der Waals surface area contributed by atoms with Gasteiger partial charge in [0.25, 0.3) is 11.8 Å². The zero-order valence-electron chi connectivity index (χ0n) is 14.6. The summed E-state index contributed by atoms with van der Waals surface area (Å²) in [5.41, 5.74) is 2.48. The lowest BCUT2D eigenvalue weighted by Gasteiger charge is -2.19. The maximum Gasteiger partial charge on any atom is 0.294 e. The molecule has 1 aromatic heterocycles. The van der Waals surface area contributed by atoms with E-state index in [0.29, 0.717) is 23.5 Å². The summed E-state index contributed by atoms with van der Waals surface area (Å²) in [5, 5.41) is 6.42. The third-order valence-corrected chi connectivity index (χ3v) is 3.87. The molecule has 26 heavy (non-hydrogen) atoms. The third kappa shape index (κ3) is 3.97. The molecule has 0 aliphatic carbocycles. The van der Waals surface area contributed by atoms with Gasteiger partial charge in [-0.05, 0) is 24.6 Å². The van der Waals surface area contributed by atoms with E-state index in [0.717, 1.165) is 5.56 Å². The number of carbonyl (C=O) groups excluding carboxylic acids is 2. The summed E-state index contributed by atoms with van der Waals surface area (Å²) in [6.45, 7) is 2.21. The molecule has 0 spiro atoms. The van der Waals surface area contributed by atoms with Crippen LogP contribution in [-0.4, -0.2) is 28.9 Å². The van der Waals surface area contributed by atoms with Crippen LogP contribution >= 0.6 is 0 Å². The highest BCUT2D eigenvalue weighted by atomic mass is 16.5. The van der Waals surface area contributed by atoms with Crippen molar-refractivity contribution in [2.75, 3.05) is 12.4 Å². The van der Waals surface area contributed by atoms with Crippen molar-refractivity contribution in [3.8, 4) is 0 Å². The minimum Gasteiger partial charge on any atom is -0.351 e. The Morgan fingerprint density at radius 1 is 1.08 bits per heavy atom. The van der Waals surface area contributed by atoms with Gasteiger partial charge in [0.15, 0.2) is 0 Å². The van der Waals surface area contributed by atoms with Crippen molar-refractivity contribution in [3.63, 3.8) is 0 Å². The van der Waals surface area contributed by atoms with Gasteiger partial charge in [0.05, 0.1) is 16.9 Å². The molecule has 2 amide bonds. The number of rotatable bonds is 5. The molecule has 1 heterocycles. The molecule has 0 saturated heterocycles. The molecule has 0 aliphatic heterocycles. The quantitative estimate of drug-likeness (QED) is 0.765. The number of hydrogen-bond donors (Lipinski definition) is 1. The standard InChI is InChI=1S/C20H19N3O3/c1-14-12-18(26-22-14)19(24)21-17-11-7-6-10-16(17)20(25)23(2)13-15-8-4-3-5-9-15/h3-12H,13H2,1-2H3,(H,21,24). The number of benzene rings is 2. The SMILES string of the molecule is Cc1cc(C(=O)Nc2ccccc2C(=O)N(C)Cc2ccccc2)on1. The average molecular weight is 349 g/mol. The van der Waals surface area contributed by atoms with Crippen molar-refractivity contribution < 1.29 is 14.1 Å². The Morgan fingerprint density at radius 3 is 2.46 bits per heavy atom. The van der Waals surface area contributed by atoms with Gasteiger partial charge in [-0.15, -0.1) is 0 Å². The third-order valence-electron chi connectivity index (χ3n) is 3.87. The fourth-order valence-electron chi connectivity index (χ4n) is 2.57. The van der Waals surface area contributed by atoms with Gasteiger partial charge in [-0.25, -0.2) is 0 Å². The van der Waals surface area contributed by atoms with Gasteiger partial charge in [-0.3, -0.25) is 9.59 Å². The van der Waals surface area contributed by atoms with E-state index < -0.39 is 5.91 Å². The van der Waals surface area contributed by atoms with E-state index in [4.69, 9.17) is 4.52 Å². The first-order chi connectivity index (χ1) is 12.5. The highest BCUT2D eigenvalue weighted by molar-refractivity contribution is 6.07. The molecule has 2 aromatic carbocycles. The van der Waals surface area contributed by atoms with Crippen molar-refractivity contribution in [1.29, 1.82) is 0 Å². The summed E-state index contributed by atoms with van der Waals surface area (Å²) in [6.07, 6.45) is 0. The summed E-state index contributed by atoms with van der Waals surface area (Å²) >= 11 is 0. The lowest BCUT2D eigenvalue weighted by atomic mass is 10.1. The summed E-state index contributed by atoms with van der Waals surface area (Å²) in [4.78, 5) is 26.7. The Morgan fingerprint density at radius 2 is 1.77 bits per heavy atom. The minimum absolute atomic E-state index is 0.0994. The first kappa shape index (κ1) is 17.4. The fraction of sp³-hybridized carbons (Fsp3) is 0.150. The Bertz CT molecular complexity index is 919. The summed E-state index contributed by atoms with van der Waals surface area (Å²) < 4.78 is 4.97. The van der Waals surface area contributed by atoms with E-state index in [2.05, 4.69) is 10.5 Å². The molecule has 3 rings (SSSR count). The molecule has 0 aliphatic rings. The molecule has 0 fully saturated rings. The predicted molar refractivity (Wildman–Crippen MR) is 97.9 cm³/mol. The molecule has 0 atom stereocenters. The molecule has 6 heteroatoms. The van der Waals surface area contributed by atoms with Crippen LogP contribution in [0.15, 0.2) is 65.2 Å². The maximum absolute atomic E-state index is 12.8. The number of aromatic nitrogens is 1. The van der Waals surface area contributed by atoms with Crippen molar-refractivity contribution >= 4 is 17.5 Å². The zero-order valence-corrected chi connectivity index (χ0v) is 14.6. The first-order valence-corrected chi connectivity index (χ1v) is 8.17. The topological polar surface area (TPSA) is 75.4 Å². The number of nitrogens with zero attached hydrogens (tertiary/aromatic N) is 2. The second kappa shape index (κ2) is 7.65. The molecule has 0 radical (unpaired) electrons. The molecule has 1 N–H and O–H groups in total. The van der Waals surface area contributed by atoms with Crippen LogP contribution in [0.2, 0.25) is 0 Å². The van der Waals surface area contributed by atoms with Gasteiger partial charge < -0.3 is 14.7 Å². The molecule has 0 bridgehead atoms. The maximum atomic E-state index is 12.8. The molecule has 3 aromatic rings. The first-order valence-electron chi connectivity index (χ1n) is 8.17. The highest BCUT2D eigenvalue weighted by Gasteiger charge is 2.19. The van der Waals surface area contributed by atoms with E-state index >= 15 is 0 Å². The second-order valence-corrected chi connectivity index (χ2v) is 5.98. The van der Waals surface area contributed by atoms with Crippen LogP contribution in [0.3, 0.4) is 0 Å². The van der Waals surface area contributed by atoms with Gasteiger partial charge in [0, 0.05) is 19.7 Å². The summed E-state index contributed by atoms with van der Waals surface area (Å²) in [6, 6.07) is 18.2. The monoisotopic (exact) mass is 349 g/mol. The number of nitrogens with one attached hydrogen (secondary N) is 1. The number of aryl methyl sites for hydroxylation is 1. The van der Waals surface area contributed by atoms with Gasteiger partial charge >= 0.3 is 0 Å². The molecule has 6 nitrogen and oxygen atoms in total. The Balaban J connectivity index is 1.77. The molecule has 0 saturated carbocycles. The Kier molecular flexibility index (Phi) is 5.12. The lowest BCUT2D eigenvalue weighted by Crippen LogP contribution is -2.27. The molecule has 132 valence electrons. The molecule has 0 unspecified atom stereocenters. The largest absolute Gasteiger partial charge is 0.351 e. The van der Waals surface area contributed by atoms with Crippen molar-refractivity contribution in [3.05, 3.63) is 83.2 Å². The van der Waals surface area contributed by atoms with Crippen LogP contribution in [-0.2, 0) is 6.54 Å². The van der Waals surface area contributed by atoms with E-state index in [1.165, 1.54) is 0 Å². The Labute approximate surface area is 151 Å². The average Bonchev–Trinajstić information content (AvgIpc) is 3.09. The highest BCUT2D eigenvalue weighted by Crippen LogP contribution is 2.19. The predicted octanol–water partition coefficient (Wildman–Crippen LogP) is 3.51. The van der Waals surface area contributed by atoms with Gasteiger partial charge in [0.2, 0.25) is 5.76 Å². The fourth-order valence-corrected chi connectivity index (χ4v) is 2.57. The summed E-state index contributed by atoms with van der Waals surface area (Å²) in [5.74, 6) is -0.530. The molecular weight excluding hydrogens is 330 g/mol. The van der Waals surface area contributed by atoms with E-state index in [1.54, 1.807) is 49.2 Å². The van der Waals surface area contributed by atoms with Crippen molar-refractivity contribution in [2.45, 2.75) is 13.5 Å². The van der Waals surface area contributed by atoms with E-state index in [9.17, 15) is 9.59 Å². The van der Waals surface area contributed by atoms with Crippen LogP contribution in [0, 0.1) is 6.92 Å². The second-order valence-electron chi connectivity index (χ2n) is 5.98. The molecular formula is C20H19N3O3. The van der Waals surface area contributed by atoms with Crippen LogP contribution < -0.4 is 5.32 Å². The van der Waals surface area contributed by atoms with Crippen LogP contribution in [0.25, 0.3) is 0 Å². The zero-order chi connectivity index (χ0) is 18.5. The number of anilines is 1. The smallest absolute Gasteiger partial charge is 0.294 e. The minimum atomic E-state index is -0.448. The van der Waals surface area contributed by atoms with Crippen molar-refractivity contribution in [2.24, 2.45) is 0 Å². The lowest BCUT2D eigenvalue weighted by molar-refractivity contribution is 0.0786. The summed E-state index contributed by atoms with van der Waals surface area (Å²) in [7, 11) is 1.73. The number of para-hydroxylation sites is 1. The van der Waals surface area contributed by atoms with Crippen LogP contribution in [0.1, 0.15) is 32.2 Å². The number of amides is 2. The Hall–Kier alpha value is -3.41. The van der Waals surface area contributed by atoms with Crippen LogP contribution in [0.4, 0.5) is 5.69 Å². The normalized spacial score (nSPS) is 10.4. The van der Waals surface area contributed by atoms with Gasteiger partial charge in [-0.2, -0.15) is 0 Å². The van der Waals surface area contributed by atoms with Crippen molar-refractivity contribution in [1.82, 2.24) is 10.1 Å². The number of carbonyl (C=O) groups is 2. The van der Waals surface area contributed by atoms with E-state index in [-0.39, 0.29) is 11.7 Å². The van der Waals surface area contributed by atoms with Crippen LogP contribution in [0.5, 0.6) is 0 Å². The number of hydrogen-bond acceptors (Lipinski definition) is 4. The van der Waals surface area contributed by atoms with Gasteiger partial charge in [-0.1, -0.05) is 47.6 Å². The van der Waals surface area contributed by atoms with Gasteiger partial charge in [0.1, 0.15) is 0 Å².